The second-order valence-electron chi connectivity index (χ2n) is 6.14. The van der Waals surface area contributed by atoms with Crippen molar-refractivity contribution in [2.45, 2.75) is 45.3 Å². The van der Waals surface area contributed by atoms with Gasteiger partial charge in [0.2, 0.25) is 5.91 Å². The monoisotopic (exact) mass is 376 g/mol. The van der Waals surface area contributed by atoms with Crippen molar-refractivity contribution in [3.8, 4) is 0 Å². The molecule has 0 aliphatic rings. The molecule has 0 aliphatic carbocycles. The zero-order valence-electron chi connectivity index (χ0n) is 14.8. The van der Waals surface area contributed by atoms with Gasteiger partial charge in [-0.1, -0.05) is 0 Å². The summed E-state index contributed by atoms with van der Waals surface area (Å²) in [6, 6.07) is -1.60. The van der Waals surface area contributed by atoms with E-state index in [9.17, 15) is 24.5 Å². The topological polar surface area (TPSA) is 203 Å². The lowest BCUT2D eigenvalue weighted by Gasteiger charge is -2.25. The van der Waals surface area contributed by atoms with E-state index in [1.807, 2.05) is 5.32 Å². The van der Waals surface area contributed by atoms with Crippen molar-refractivity contribution in [2.75, 3.05) is 13.1 Å². The number of guanidine groups is 1. The molecule has 0 bridgehead atoms. The predicted molar refractivity (Wildman–Crippen MR) is 89.4 cm³/mol. The van der Waals surface area contributed by atoms with E-state index < -0.39 is 41.2 Å². The van der Waals surface area contributed by atoms with E-state index in [-0.39, 0.29) is 30.4 Å². The summed E-state index contributed by atoms with van der Waals surface area (Å²) >= 11 is 0. The number of hydrazine groups is 1. The highest BCUT2D eigenvalue weighted by atomic mass is 16.7. The van der Waals surface area contributed by atoms with Crippen LogP contribution in [0.1, 0.15) is 33.6 Å². The van der Waals surface area contributed by atoms with Gasteiger partial charge in [-0.15, -0.1) is 0 Å². The number of ether oxygens (including phenoxy) is 1. The maximum atomic E-state index is 12.2. The Morgan fingerprint density at radius 3 is 2.35 bits per heavy atom. The Balaban J connectivity index is 5.40. The Labute approximate surface area is 149 Å². The van der Waals surface area contributed by atoms with Gasteiger partial charge < -0.3 is 26.6 Å². The van der Waals surface area contributed by atoms with Crippen LogP contribution < -0.4 is 16.8 Å². The number of nitro groups is 1. The molecule has 6 N–H and O–H groups in total. The molecule has 0 unspecified atom stereocenters. The number of carboxylic acid groups (broad SMARTS) is 1. The van der Waals surface area contributed by atoms with Crippen molar-refractivity contribution in [3.63, 3.8) is 0 Å². The maximum absolute atomic E-state index is 12.2. The van der Waals surface area contributed by atoms with Gasteiger partial charge >= 0.3 is 12.1 Å². The van der Waals surface area contributed by atoms with Gasteiger partial charge in [0.1, 0.15) is 12.1 Å². The van der Waals surface area contributed by atoms with Crippen LogP contribution >= 0.6 is 0 Å². The SMILES string of the molecule is CC(C)(C)OC(=O)N([C@@H](CCCN=C(N)N)C(=O)NCC(=O)O)[N+](=O)[O-]. The molecule has 2 amide bonds. The largest absolute Gasteiger partial charge is 0.480 e. The van der Waals surface area contributed by atoms with Crippen LogP contribution in [0.5, 0.6) is 0 Å². The molecular formula is C13H24N6O7. The summed E-state index contributed by atoms with van der Waals surface area (Å²) in [6.45, 7) is 3.80. The van der Waals surface area contributed by atoms with Gasteiger partial charge in [-0.2, -0.15) is 0 Å². The number of aliphatic imine (C=N–C) groups is 1. The van der Waals surface area contributed by atoms with E-state index in [0.717, 1.165) is 0 Å². The van der Waals surface area contributed by atoms with Crippen molar-refractivity contribution in [3.05, 3.63) is 10.1 Å². The average Bonchev–Trinajstić information content (AvgIpc) is 2.44. The summed E-state index contributed by atoms with van der Waals surface area (Å²) < 4.78 is 4.94. The number of aliphatic carboxylic acids is 1. The first-order chi connectivity index (χ1) is 11.8. The quantitative estimate of drug-likeness (QED) is 0.128. The van der Waals surface area contributed by atoms with Gasteiger partial charge in [0, 0.05) is 6.54 Å². The van der Waals surface area contributed by atoms with Crippen molar-refractivity contribution in [1.29, 1.82) is 0 Å². The Hall–Kier alpha value is -3.12. The molecule has 0 saturated heterocycles. The number of carboxylic acids is 1. The van der Waals surface area contributed by atoms with Gasteiger partial charge in [0.05, 0.1) is 0 Å². The van der Waals surface area contributed by atoms with Crippen LogP contribution in [0.3, 0.4) is 0 Å². The third-order valence-corrected chi connectivity index (χ3v) is 2.70. The van der Waals surface area contributed by atoms with E-state index in [4.69, 9.17) is 21.3 Å². The summed E-state index contributed by atoms with van der Waals surface area (Å²) in [6.07, 6.45) is -1.42. The van der Waals surface area contributed by atoms with Crippen LogP contribution in [-0.4, -0.2) is 63.8 Å². The standard InChI is InChI=1S/C13H24N6O7/c1-13(2,3)26-12(23)18(19(24)25)8(5-4-6-16-11(14)15)10(22)17-7-9(20)21/h8H,4-7H2,1-3H3,(H,17,22)(H,20,21)(H4,14,15,16)/t8-/m0/s1. The number of amides is 2. The van der Waals surface area contributed by atoms with Crippen molar-refractivity contribution < 1.29 is 29.3 Å². The fourth-order valence-corrected chi connectivity index (χ4v) is 1.75. The summed E-state index contributed by atoms with van der Waals surface area (Å²) in [4.78, 5) is 49.9. The number of nitrogens with two attached hydrogens (primary N) is 2. The van der Waals surface area contributed by atoms with Gasteiger partial charge in [0.15, 0.2) is 17.0 Å². The fourth-order valence-electron chi connectivity index (χ4n) is 1.75. The molecule has 0 heterocycles. The molecule has 0 aromatic heterocycles. The van der Waals surface area contributed by atoms with E-state index in [1.54, 1.807) is 0 Å². The van der Waals surface area contributed by atoms with E-state index in [0.29, 0.717) is 0 Å². The third-order valence-electron chi connectivity index (χ3n) is 2.70. The number of carbonyl (C=O) groups is 3. The van der Waals surface area contributed by atoms with Crippen LogP contribution in [0.25, 0.3) is 0 Å². The second kappa shape index (κ2) is 10.0. The average molecular weight is 376 g/mol. The normalized spacial score (nSPS) is 11.8. The number of hydrogen-bond donors (Lipinski definition) is 4. The predicted octanol–water partition coefficient (Wildman–Crippen LogP) is -0.962. The molecule has 0 aromatic rings. The third kappa shape index (κ3) is 9.24. The molecule has 0 fully saturated rings. The van der Waals surface area contributed by atoms with Crippen molar-refractivity contribution >= 4 is 23.9 Å². The minimum absolute atomic E-state index is 0.0257. The number of carbonyl (C=O) groups excluding carboxylic acids is 2. The van der Waals surface area contributed by atoms with Crippen LogP contribution in [-0.2, 0) is 14.3 Å². The molecule has 13 heteroatoms. The van der Waals surface area contributed by atoms with Gasteiger partial charge in [-0.25, -0.2) is 14.9 Å². The first kappa shape index (κ1) is 22.9. The molecule has 0 aliphatic heterocycles. The molecule has 1 atom stereocenters. The minimum atomic E-state index is -1.60. The Morgan fingerprint density at radius 2 is 1.92 bits per heavy atom. The lowest BCUT2D eigenvalue weighted by molar-refractivity contribution is -0.641. The van der Waals surface area contributed by atoms with E-state index >= 15 is 0 Å². The fraction of sp³-hybridized carbons (Fsp3) is 0.692. The maximum Gasteiger partial charge on any atom is 0.469 e. The first-order valence-corrected chi connectivity index (χ1v) is 7.56. The van der Waals surface area contributed by atoms with Crippen molar-refractivity contribution in [1.82, 2.24) is 10.3 Å². The molecule has 0 aromatic carbocycles. The van der Waals surface area contributed by atoms with Crippen LogP contribution in [0, 0.1) is 10.1 Å². The Bertz CT molecular complexity index is 568. The molecule has 0 radical (unpaired) electrons. The van der Waals surface area contributed by atoms with Gasteiger partial charge in [0.25, 0.3) is 0 Å². The molecule has 26 heavy (non-hydrogen) atoms. The number of rotatable bonds is 9. The molecule has 0 spiro atoms. The zero-order chi connectivity index (χ0) is 20.5. The Morgan fingerprint density at radius 1 is 1.35 bits per heavy atom. The molecular weight excluding hydrogens is 352 g/mol. The van der Waals surface area contributed by atoms with Gasteiger partial charge in [-0.3, -0.25) is 14.6 Å². The second-order valence-corrected chi connectivity index (χ2v) is 6.14. The lowest BCUT2D eigenvalue weighted by atomic mass is 10.1. The summed E-state index contributed by atoms with van der Waals surface area (Å²) in [5, 5.41) is 20.9. The highest BCUT2D eigenvalue weighted by Gasteiger charge is 2.41. The van der Waals surface area contributed by atoms with Crippen LogP contribution in [0.15, 0.2) is 4.99 Å². The van der Waals surface area contributed by atoms with Crippen LogP contribution in [0.2, 0.25) is 0 Å². The van der Waals surface area contributed by atoms with Gasteiger partial charge in [-0.05, 0) is 38.6 Å². The van der Waals surface area contributed by atoms with E-state index in [2.05, 4.69) is 4.99 Å². The first-order valence-electron chi connectivity index (χ1n) is 7.56. The summed E-state index contributed by atoms with van der Waals surface area (Å²) in [5.74, 6) is -2.56. The number of nitrogens with zero attached hydrogens (tertiary/aromatic N) is 3. The minimum Gasteiger partial charge on any atom is -0.480 e. The molecule has 0 rings (SSSR count). The highest BCUT2D eigenvalue weighted by molar-refractivity contribution is 5.87. The van der Waals surface area contributed by atoms with Crippen molar-refractivity contribution in [2.24, 2.45) is 16.5 Å². The number of nitrogens with one attached hydrogen (secondary N) is 1. The molecule has 0 saturated carbocycles. The summed E-state index contributed by atoms with van der Waals surface area (Å²) in [7, 11) is 0. The zero-order valence-corrected chi connectivity index (χ0v) is 14.8. The smallest absolute Gasteiger partial charge is 0.469 e. The lowest BCUT2D eigenvalue weighted by Crippen LogP contribution is -2.54. The number of hydrogen-bond acceptors (Lipinski definition) is 7. The molecule has 13 nitrogen and oxygen atoms in total. The molecule has 148 valence electrons. The van der Waals surface area contributed by atoms with Crippen LogP contribution in [0.4, 0.5) is 4.79 Å². The highest BCUT2D eigenvalue weighted by Crippen LogP contribution is 2.15. The summed E-state index contributed by atoms with van der Waals surface area (Å²) in [5.41, 5.74) is 9.30. The Kier molecular flexibility index (Phi) is 8.80. The van der Waals surface area contributed by atoms with E-state index in [1.165, 1.54) is 20.8 Å².